The number of ether oxygens (including phenoxy) is 4. The summed E-state index contributed by atoms with van der Waals surface area (Å²) in [4.78, 5) is 0. The van der Waals surface area contributed by atoms with Crippen molar-refractivity contribution in [3.05, 3.63) is 23.8 Å². The molecule has 0 radical (unpaired) electrons. The fourth-order valence-corrected chi connectivity index (χ4v) is 2.16. The first-order chi connectivity index (χ1) is 8.93. The van der Waals surface area contributed by atoms with Gasteiger partial charge in [0.1, 0.15) is 6.79 Å². The van der Waals surface area contributed by atoms with Crippen LogP contribution in [-0.4, -0.2) is 32.8 Å². The normalized spacial score (nSPS) is 22.1. The van der Waals surface area contributed by atoms with E-state index in [0.29, 0.717) is 13.6 Å². The molecule has 0 saturated carbocycles. The van der Waals surface area contributed by atoms with E-state index in [1.165, 1.54) is 0 Å². The summed E-state index contributed by atoms with van der Waals surface area (Å²) in [5.74, 6) is 1.69. The molecule has 18 heavy (non-hydrogen) atoms. The van der Waals surface area contributed by atoms with Crippen LogP contribution in [0.3, 0.4) is 0 Å². The van der Waals surface area contributed by atoms with E-state index in [2.05, 4.69) is 5.32 Å². The Labute approximate surface area is 106 Å². The van der Waals surface area contributed by atoms with Crippen LogP contribution in [0.25, 0.3) is 0 Å². The fraction of sp³-hybridized carbons (Fsp3) is 0.538. The number of rotatable bonds is 4. The van der Waals surface area contributed by atoms with Gasteiger partial charge in [0.25, 0.3) is 0 Å². The first-order valence-corrected chi connectivity index (χ1v) is 6.21. The zero-order valence-corrected chi connectivity index (χ0v) is 10.2. The second kappa shape index (κ2) is 5.56. The maximum atomic E-state index is 5.47. The maximum Gasteiger partial charge on any atom is 0.231 e. The van der Waals surface area contributed by atoms with Gasteiger partial charge in [-0.1, -0.05) is 12.1 Å². The lowest BCUT2D eigenvalue weighted by Crippen LogP contribution is -2.33. The van der Waals surface area contributed by atoms with Gasteiger partial charge in [-0.15, -0.1) is 0 Å². The van der Waals surface area contributed by atoms with Crippen molar-refractivity contribution in [3.8, 4) is 11.5 Å². The Kier molecular flexibility index (Phi) is 3.64. The van der Waals surface area contributed by atoms with E-state index in [-0.39, 0.29) is 6.10 Å². The average molecular weight is 251 g/mol. The lowest BCUT2D eigenvalue weighted by atomic mass is 10.1. The number of hydrogen-bond donors (Lipinski definition) is 1. The molecule has 5 nitrogen and oxygen atoms in total. The average Bonchev–Trinajstić information content (AvgIpc) is 2.89. The van der Waals surface area contributed by atoms with Crippen molar-refractivity contribution in [1.29, 1.82) is 0 Å². The van der Waals surface area contributed by atoms with Gasteiger partial charge in [-0.25, -0.2) is 0 Å². The number of hydrogen-bond acceptors (Lipinski definition) is 5. The van der Waals surface area contributed by atoms with Gasteiger partial charge in [-0.05, 0) is 12.5 Å². The summed E-state index contributed by atoms with van der Waals surface area (Å²) in [5, 5.41) is 3.38. The minimum absolute atomic E-state index is 0.243. The quantitative estimate of drug-likeness (QED) is 0.873. The van der Waals surface area contributed by atoms with Crippen molar-refractivity contribution in [2.75, 3.05) is 26.7 Å². The van der Waals surface area contributed by atoms with Crippen molar-refractivity contribution in [1.82, 2.24) is 5.32 Å². The third kappa shape index (κ3) is 2.58. The first kappa shape index (κ1) is 11.8. The molecular weight excluding hydrogens is 234 g/mol. The van der Waals surface area contributed by atoms with E-state index in [4.69, 9.17) is 18.9 Å². The number of para-hydroxylation sites is 1. The smallest absolute Gasteiger partial charge is 0.231 e. The van der Waals surface area contributed by atoms with Gasteiger partial charge < -0.3 is 24.3 Å². The van der Waals surface area contributed by atoms with E-state index in [0.717, 1.165) is 43.2 Å². The van der Waals surface area contributed by atoms with Crippen LogP contribution in [0.5, 0.6) is 11.5 Å². The molecule has 1 aromatic rings. The summed E-state index contributed by atoms with van der Waals surface area (Å²) in [6, 6.07) is 5.95. The predicted molar refractivity (Wildman–Crippen MR) is 64.6 cm³/mol. The third-order valence-corrected chi connectivity index (χ3v) is 3.14. The van der Waals surface area contributed by atoms with Gasteiger partial charge in [-0.2, -0.15) is 0 Å². The molecule has 2 heterocycles. The minimum Gasteiger partial charge on any atom is -0.454 e. The van der Waals surface area contributed by atoms with Gasteiger partial charge in [0.05, 0.1) is 12.7 Å². The second-order valence-electron chi connectivity index (χ2n) is 4.39. The van der Waals surface area contributed by atoms with Crippen LogP contribution < -0.4 is 14.8 Å². The van der Waals surface area contributed by atoms with E-state index < -0.39 is 0 Å². The molecule has 0 amide bonds. The molecule has 98 valence electrons. The van der Waals surface area contributed by atoms with Crippen LogP contribution in [0, 0.1) is 0 Å². The van der Waals surface area contributed by atoms with Crippen molar-refractivity contribution in [2.45, 2.75) is 19.1 Å². The van der Waals surface area contributed by atoms with Gasteiger partial charge in [0, 0.05) is 18.7 Å². The Balaban J connectivity index is 1.52. The number of benzene rings is 1. The Morgan fingerprint density at radius 3 is 3.11 bits per heavy atom. The van der Waals surface area contributed by atoms with Crippen LogP contribution in [0.4, 0.5) is 0 Å². The second-order valence-corrected chi connectivity index (χ2v) is 4.39. The van der Waals surface area contributed by atoms with Crippen LogP contribution in [0.15, 0.2) is 18.2 Å². The zero-order chi connectivity index (χ0) is 12.2. The molecule has 0 aromatic heterocycles. The SMILES string of the molecule is c1cc(CNCC2CCOCO2)c2c(c1)OCO2. The van der Waals surface area contributed by atoms with Gasteiger partial charge in [-0.3, -0.25) is 0 Å². The van der Waals surface area contributed by atoms with Crippen molar-refractivity contribution in [2.24, 2.45) is 0 Å². The third-order valence-electron chi connectivity index (χ3n) is 3.14. The Bertz CT molecular complexity index is 404. The largest absolute Gasteiger partial charge is 0.454 e. The van der Waals surface area contributed by atoms with Crippen LogP contribution in [0.2, 0.25) is 0 Å². The summed E-state index contributed by atoms with van der Waals surface area (Å²) >= 11 is 0. The molecule has 0 bridgehead atoms. The van der Waals surface area contributed by atoms with Crippen LogP contribution in [-0.2, 0) is 16.0 Å². The molecular formula is C13H17NO4. The molecule has 3 rings (SSSR count). The molecule has 1 aromatic carbocycles. The monoisotopic (exact) mass is 251 g/mol. The Morgan fingerprint density at radius 1 is 1.22 bits per heavy atom. The minimum atomic E-state index is 0.243. The zero-order valence-electron chi connectivity index (χ0n) is 10.2. The molecule has 0 aliphatic carbocycles. The van der Waals surface area contributed by atoms with Crippen molar-refractivity contribution >= 4 is 0 Å². The van der Waals surface area contributed by atoms with E-state index in [1.54, 1.807) is 0 Å². The summed E-state index contributed by atoms with van der Waals surface area (Å²) in [5.41, 5.74) is 1.12. The molecule has 1 atom stereocenters. The Morgan fingerprint density at radius 2 is 2.22 bits per heavy atom. The fourth-order valence-electron chi connectivity index (χ4n) is 2.16. The Hall–Kier alpha value is -1.30. The van der Waals surface area contributed by atoms with E-state index in [9.17, 15) is 0 Å². The summed E-state index contributed by atoms with van der Waals surface area (Å²) in [7, 11) is 0. The molecule has 0 spiro atoms. The molecule has 1 saturated heterocycles. The van der Waals surface area contributed by atoms with E-state index in [1.807, 2.05) is 18.2 Å². The highest BCUT2D eigenvalue weighted by molar-refractivity contribution is 5.48. The van der Waals surface area contributed by atoms with E-state index >= 15 is 0 Å². The number of nitrogens with one attached hydrogen (secondary N) is 1. The summed E-state index contributed by atoms with van der Waals surface area (Å²) in [6.07, 6.45) is 1.19. The van der Waals surface area contributed by atoms with Gasteiger partial charge >= 0.3 is 0 Å². The van der Waals surface area contributed by atoms with Crippen molar-refractivity contribution < 1.29 is 18.9 Å². The molecule has 2 aliphatic rings. The van der Waals surface area contributed by atoms with Crippen LogP contribution >= 0.6 is 0 Å². The van der Waals surface area contributed by atoms with Gasteiger partial charge in [0.2, 0.25) is 6.79 Å². The molecule has 1 fully saturated rings. The standard InChI is InChI=1S/C13H17NO4/c1-2-10(13-12(3-1)17-9-18-13)6-14-7-11-4-5-15-8-16-11/h1-3,11,14H,4-9H2. The van der Waals surface area contributed by atoms with Crippen molar-refractivity contribution in [3.63, 3.8) is 0 Å². The molecule has 2 aliphatic heterocycles. The number of fused-ring (bicyclic) bond motifs is 1. The highest BCUT2D eigenvalue weighted by atomic mass is 16.7. The molecule has 5 heteroatoms. The topological polar surface area (TPSA) is 49.0 Å². The first-order valence-electron chi connectivity index (χ1n) is 6.21. The van der Waals surface area contributed by atoms with Gasteiger partial charge in [0.15, 0.2) is 11.5 Å². The lowest BCUT2D eigenvalue weighted by molar-refractivity contribution is -0.137. The van der Waals surface area contributed by atoms with Crippen LogP contribution in [0.1, 0.15) is 12.0 Å². The lowest BCUT2D eigenvalue weighted by Gasteiger charge is -2.23. The highest BCUT2D eigenvalue weighted by Crippen LogP contribution is 2.35. The summed E-state index contributed by atoms with van der Waals surface area (Å²) < 4.78 is 21.4. The highest BCUT2D eigenvalue weighted by Gasteiger charge is 2.18. The molecule has 1 N–H and O–H groups in total. The molecule has 1 unspecified atom stereocenters. The predicted octanol–water partition coefficient (Wildman–Crippen LogP) is 1.27. The summed E-state index contributed by atoms with van der Waals surface area (Å²) in [6.45, 7) is 3.09. The maximum absolute atomic E-state index is 5.47.